The highest BCUT2D eigenvalue weighted by Gasteiger charge is 2.30. The third-order valence-corrected chi connectivity index (χ3v) is 2.60. The van der Waals surface area contributed by atoms with Gasteiger partial charge in [0.15, 0.2) is 0 Å². The number of hydrogen-bond acceptors (Lipinski definition) is 2. The van der Waals surface area contributed by atoms with E-state index in [9.17, 15) is 4.79 Å². The smallest absolute Gasteiger partial charge is 0.252 e. The molecule has 70 valence electrons. The van der Waals surface area contributed by atoms with Crippen LogP contribution in [0, 0.1) is 5.92 Å². The molecule has 1 aromatic rings. The van der Waals surface area contributed by atoms with E-state index in [1.807, 2.05) is 0 Å². The Hall–Kier alpha value is -0.800. The van der Waals surface area contributed by atoms with Crippen LogP contribution < -0.4 is 11.3 Å². The summed E-state index contributed by atoms with van der Waals surface area (Å²) in [5.74, 6) is 0.472. The molecule has 0 aromatic carbocycles. The van der Waals surface area contributed by atoms with Gasteiger partial charge in [0, 0.05) is 17.8 Å². The number of rotatable bonds is 2. The van der Waals surface area contributed by atoms with Crippen molar-refractivity contribution < 1.29 is 0 Å². The molecule has 1 heterocycles. The van der Waals surface area contributed by atoms with E-state index in [0.717, 1.165) is 12.8 Å². The van der Waals surface area contributed by atoms with Gasteiger partial charge in [0.25, 0.3) is 5.56 Å². The highest BCUT2D eigenvalue weighted by atomic mass is 35.5. The molecule has 3 nitrogen and oxygen atoms in total. The van der Waals surface area contributed by atoms with Crippen LogP contribution in [0.3, 0.4) is 0 Å². The molecular formula is C9H11ClN2O. The van der Waals surface area contributed by atoms with Gasteiger partial charge >= 0.3 is 0 Å². The van der Waals surface area contributed by atoms with E-state index < -0.39 is 0 Å². The van der Waals surface area contributed by atoms with Crippen LogP contribution in [0.25, 0.3) is 0 Å². The van der Waals surface area contributed by atoms with Crippen molar-refractivity contribution in [2.45, 2.75) is 18.9 Å². The first-order valence-corrected chi connectivity index (χ1v) is 4.70. The summed E-state index contributed by atoms with van der Waals surface area (Å²) in [6, 6.07) is 1.51. The Morgan fingerprint density at radius 1 is 1.62 bits per heavy atom. The Bertz CT molecular complexity index is 370. The minimum atomic E-state index is -0.151. The highest BCUT2D eigenvalue weighted by Crippen LogP contribution is 2.38. The van der Waals surface area contributed by atoms with Gasteiger partial charge in [-0.3, -0.25) is 4.79 Å². The van der Waals surface area contributed by atoms with Gasteiger partial charge in [-0.2, -0.15) is 0 Å². The van der Waals surface area contributed by atoms with Crippen molar-refractivity contribution >= 4 is 11.6 Å². The Kier molecular flexibility index (Phi) is 2.14. The molecule has 0 bridgehead atoms. The molecular weight excluding hydrogens is 188 g/mol. The quantitative estimate of drug-likeness (QED) is 0.756. The standard InChI is InChI=1S/C9H11ClN2O/c10-6-3-7(9(13)12-4-6)8(11)5-1-2-5/h3-5,8H,1-2,11H2,(H,12,13)/t8-/m0/s1. The molecule has 3 N–H and O–H groups in total. The molecule has 0 radical (unpaired) electrons. The third-order valence-electron chi connectivity index (χ3n) is 2.39. The van der Waals surface area contributed by atoms with Crippen LogP contribution in [-0.4, -0.2) is 4.98 Å². The SMILES string of the molecule is N[C@H](c1cc(Cl)c[nH]c1=O)C1CC1. The molecule has 1 fully saturated rings. The lowest BCUT2D eigenvalue weighted by atomic mass is 10.1. The second-order valence-electron chi connectivity index (χ2n) is 3.47. The molecule has 0 saturated heterocycles. The minimum absolute atomic E-state index is 0.121. The first-order chi connectivity index (χ1) is 6.18. The van der Waals surface area contributed by atoms with Crippen LogP contribution >= 0.6 is 11.6 Å². The molecule has 0 amide bonds. The fraction of sp³-hybridized carbons (Fsp3) is 0.444. The van der Waals surface area contributed by atoms with E-state index in [1.165, 1.54) is 6.20 Å². The molecule has 0 aliphatic heterocycles. The maximum absolute atomic E-state index is 11.4. The van der Waals surface area contributed by atoms with Gasteiger partial charge in [-0.1, -0.05) is 11.6 Å². The lowest BCUT2D eigenvalue weighted by molar-refractivity contribution is 0.625. The molecule has 2 rings (SSSR count). The molecule has 1 atom stereocenters. The Morgan fingerprint density at radius 3 is 2.92 bits per heavy atom. The summed E-state index contributed by atoms with van der Waals surface area (Å²) >= 11 is 5.76. The van der Waals surface area contributed by atoms with E-state index in [2.05, 4.69) is 4.98 Å². The van der Waals surface area contributed by atoms with E-state index in [0.29, 0.717) is 16.5 Å². The largest absolute Gasteiger partial charge is 0.327 e. The Labute approximate surface area is 80.9 Å². The summed E-state index contributed by atoms with van der Waals surface area (Å²) in [7, 11) is 0. The molecule has 0 spiro atoms. The maximum atomic E-state index is 11.4. The molecule has 1 aromatic heterocycles. The zero-order valence-corrected chi connectivity index (χ0v) is 7.84. The number of aromatic nitrogens is 1. The lowest BCUT2D eigenvalue weighted by Gasteiger charge is -2.08. The van der Waals surface area contributed by atoms with Gasteiger partial charge in [0.2, 0.25) is 0 Å². The normalized spacial score (nSPS) is 18.6. The van der Waals surface area contributed by atoms with Crippen molar-refractivity contribution in [2.75, 3.05) is 0 Å². The molecule has 1 aliphatic rings. The van der Waals surface area contributed by atoms with Crippen LogP contribution in [0.1, 0.15) is 24.4 Å². The van der Waals surface area contributed by atoms with Gasteiger partial charge < -0.3 is 10.7 Å². The lowest BCUT2D eigenvalue weighted by Crippen LogP contribution is -2.22. The van der Waals surface area contributed by atoms with Gasteiger partial charge in [0.05, 0.1) is 5.02 Å². The van der Waals surface area contributed by atoms with Crippen LogP contribution in [0.5, 0.6) is 0 Å². The summed E-state index contributed by atoms with van der Waals surface area (Å²) < 4.78 is 0. The van der Waals surface area contributed by atoms with Crippen LogP contribution in [0.15, 0.2) is 17.1 Å². The minimum Gasteiger partial charge on any atom is -0.327 e. The van der Waals surface area contributed by atoms with E-state index >= 15 is 0 Å². The summed E-state index contributed by atoms with van der Waals surface area (Å²) in [5.41, 5.74) is 6.38. The molecule has 1 aliphatic carbocycles. The van der Waals surface area contributed by atoms with Crippen LogP contribution in [-0.2, 0) is 0 Å². The average molecular weight is 199 g/mol. The number of nitrogens with one attached hydrogen (secondary N) is 1. The number of H-pyrrole nitrogens is 1. The van der Waals surface area contributed by atoms with E-state index in [4.69, 9.17) is 17.3 Å². The summed E-state index contributed by atoms with van der Waals surface area (Å²) in [5, 5.41) is 0.533. The fourth-order valence-corrected chi connectivity index (χ4v) is 1.60. The van der Waals surface area contributed by atoms with Crippen molar-refractivity contribution in [3.05, 3.63) is 33.2 Å². The average Bonchev–Trinajstić information content (AvgIpc) is 2.91. The number of halogens is 1. The molecule has 13 heavy (non-hydrogen) atoms. The molecule has 1 saturated carbocycles. The fourth-order valence-electron chi connectivity index (χ4n) is 1.43. The van der Waals surface area contributed by atoms with Gasteiger partial charge in [-0.05, 0) is 24.8 Å². The van der Waals surface area contributed by atoms with Gasteiger partial charge in [-0.15, -0.1) is 0 Å². The van der Waals surface area contributed by atoms with Crippen molar-refractivity contribution in [2.24, 2.45) is 11.7 Å². The van der Waals surface area contributed by atoms with Crippen LogP contribution in [0.4, 0.5) is 0 Å². The zero-order chi connectivity index (χ0) is 9.42. The number of aromatic amines is 1. The second kappa shape index (κ2) is 3.16. The highest BCUT2D eigenvalue weighted by molar-refractivity contribution is 6.30. The van der Waals surface area contributed by atoms with Crippen LogP contribution in [0.2, 0.25) is 5.02 Å². The third kappa shape index (κ3) is 1.76. The van der Waals surface area contributed by atoms with Gasteiger partial charge in [0.1, 0.15) is 0 Å². The summed E-state index contributed by atoms with van der Waals surface area (Å²) in [6.07, 6.45) is 3.72. The van der Waals surface area contributed by atoms with Crippen molar-refractivity contribution in [1.82, 2.24) is 4.98 Å². The predicted molar refractivity (Wildman–Crippen MR) is 51.7 cm³/mol. The van der Waals surface area contributed by atoms with E-state index in [-0.39, 0.29) is 11.6 Å². The van der Waals surface area contributed by atoms with E-state index in [1.54, 1.807) is 6.07 Å². The topological polar surface area (TPSA) is 58.9 Å². The Morgan fingerprint density at radius 2 is 2.31 bits per heavy atom. The predicted octanol–water partition coefficient (Wildman–Crippen LogP) is 1.44. The van der Waals surface area contributed by atoms with Crippen molar-refractivity contribution in [3.8, 4) is 0 Å². The summed E-state index contributed by atoms with van der Waals surface area (Å²) in [6.45, 7) is 0. The van der Waals surface area contributed by atoms with Crippen molar-refractivity contribution in [3.63, 3.8) is 0 Å². The number of hydrogen-bond donors (Lipinski definition) is 2. The van der Waals surface area contributed by atoms with Crippen molar-refractivity contribution in [1.29, 1.82) is 0 Å². The summed E-state index contributed by atoms with van der Waals surface area (Å²) in [4.78, 5) is 13.9. The number of pyridine rings is 1. The monoisotopic (exact) mass is 198 g/mol. The zero-order valence-electron chi connectivity index (χ0n) is 7.09. The first kappa shape index (κ1) is 8.78. The number of nitrogens with two attached hydrogens (primary N) is 1. The van der Waals surface area contributed by atoms with Gasteiger partial charge in [-0.25, -0.2) is 0 Å². The Balaban J connectivity index is 2.37. The first-order valence-electron chi connectivity index (χ1n) is 4.32. The molecule has 4 heteroatoms. The molecule has 0 unspecified atom stereocenters. The second-order valence-corrected chi connectivity index (χ2v) is 3.90. The maximum Gasteiger partial charge on any atom is 0.252 e.